The maximum Gasteiger partial charge on any atom is 0.158 e. The molecule has 1 aromatic carbocycles. The van der Waals surface area contributed by atoms with Gasteiger partial charge in [0.25, 0.3) is 0 Å². The zero-order valence-corrected chi connectivity index (χ0v) is 14.7. The van der Waals surface area contributed by atoms with Crippen molar-refractivity contribution in [3.8, 4) is 0 Å². The highest BCUT2D eigenvalue weighted by Crippen LogP contribution is 2.39. The van der Waals surface area contributed by atoms with Crippen molar-refractivity contribution in [2.75, 3.05) is 13.2 Å². The van der Waals surface area contributed by atoms with Gasteiger partial charge in [-0.05, 0) is 49.5 Å². The van der Waals surface area contributed by atoms with E-state index in [0.717, 1.165) is 12.8 Å². The van der Waals surface area contributed by atoms with E-state index in [4.69, 9.17) is 9.47 Å². The van der Waals surface area contributed by atoms with Crippen LogP contribution < -0.4 is 0 Å². The summed E-state index contributed by atoms with van der Waals surface area (Å²) in [6.45, 7) is 1.19. The van der Waals surface area contributed by atoms with E-state index in [9.17, 15) is 15.3 Å². The molecule has 5 nitrogen and oxygen atoms in total. The standard InChI is InChI=1S/C20H30O5/c21-15(7-6-14-4-2-1-3-5-14)8-9-16-17(19(23)13-18(16)22)12-20-24-10-11-25-20/h1-5,15-23H,6-13H2/t15-,16+,17+,18+,19-/m0/s1. The number of aliphatic hydroxyl groups excluding tert-OH is 3. The SMILES string of the molecule is O[C@@H](CCc1ccccc1)CC[C@@H]1[C@@H](CC2OCCO2)[C@@H](O)C[C@H]1O. The highest BCUT2D eigenvalue weighted by Gasteiger charge is 2.43. The number of aryl methyl sites for hydroxylation is 1. The maximum absolute atomic E-state index is 10.3. The molecule has 0 radical (unpaired) electrons. The molecule has 2 aliphatic rings. The van der Waals surface area contributed by atoms with E-state index in [-0.39, 0.29) is 24.2 Å². The molecule has 0 spiro atoms. The number of rotatable bonds is 8. The molecule has 3 rings (SSSR count). The Bertz CT molecular complexity index is 502. The molecule has 1 heterocycles. The number of benzene rings is 1. The van der Waals surface area contributed by atoms with Crippen molar-refractivity contribution >= 4 is 0 Å². The third-order valence-electron chi connectivity index (χ3n) is 5.62. The second-order valence-corrected chi connectivity index (χ2v) is 7.36. The summed E-state index contributed by atoms with van der Waals surface area (Å²) < 4.78 is 11.0. The topological polar surface area (TPSA) is 79.2 Å². The van der Waals surface area contributed by atoms with Gasteiger partial charge in [0, 0.05) is 6.42 Å². The molecule has 1 saturated heterocycles. The number of aliphatic hydroxyl groups is 3. The Labute approximate surface area is 149 Å². The van der Waals surface area contributed by atoms with Gasteiger partial charge in [-0.25, -0.2) is 0 Å². The summed E-state index contributed by atoms with van der Waals surface area (Å²) in [4.78, 5) is 0. The lowest BCUT2D eigenvalue weighted by atomic mass is 9.85. The van der Waals surface area contributed by atoms with E-state index in [1.807, 2.05) is 18.2 Å². The first-order valence-electron chi connectivity index (χ1n) is 9.45. The summed E-state index contributed by atoms with van der Waals surface area (Å²) in [5, 5.41) is 30.9. The Morgan fingerprint density at radius 2 is 1.64 bits per heavy atom. The van der Waals surface area contributed by atoms with Crippen LogP contribution >= 0.6 is 0 Å². The van der Waals surface area contributed by atoms with Crippen LogP contribution in [-0.4, -0.2) is 53.1 Å². The van der Waals surface area contributed by atoms with E-state index >= 15 is 0 Å². The first kappa shape index (κ1) is 18.8. The van der Waals surface area contributed by atoms with Crippen LogP contribution in [0.25, 0.3) is 0 Å². The van der Waals surface area contributed by atoms with Crippen LogP contribution in [0.2, 0.25) is 0 Å². The first-order valence-corrected chi connectivity index (χ1v) is 9.45. The predicted octanol–water partition coefficient (Wildman–Crippen LogP) is 1.88. The second-order valence-electron chi connectivity index (χ2n) is 7.36. The maximum atomic E-state index is 10.3. The van der Waals surface area contributed by atoms with Gasteiger partial charge in [0.1, 0.15) is 0 Å². The smallest absolute Gasteiger partial charge is 0.158 e. The predicted molar refractivity (Wildman–Crippen MR) is 93.9 cm³/mol. The molecule has 3 N–H and O–H groups in total. The average molecular weight is 350 g/mol. The molecule has 0 bridgehead atoms. The normalized spacial score (nSPS) is 31.5. The highest BCUT2D eigenvalue weighted by molar-refractivity contribution is 5.14. The Kier molecular flexibility index (Phi) is 6.84. The third kappa shape index (κ3) is 5.25. The van der Waals surface area contributed by atoms with Crippen molar-refractivity contribution in [3.63, 3.8) is 0 Å². The molecule has 1 aromatic rings. The minimum Gasteiger partial charge on any atom is -0.393 e. The van der Waals surface area contributed by atoms with Crippen LogP contribution in [0.4, 0.5) is 0 Å². The van der Waals surface area contributed by atoms with E-state index in [1.165, 1.54) is 5.56 Å². The molecule has 25 heavy (non-hydrogen) atoms. The van der Waals surface area contributed by atoms with Crippen LogP contribution in [0, 0.1) is 11.8 Å². The van der Waals surface area contributed by atoms with Crippen molar-refractivity contribution in [2.45, 2.75) is 63.1 Å². The zero-order chi connectivity index (χ0) is 17.6. The molecule has 1 saturated carbocycles. The van der Waals surface area contributed by atoms with E-state index in [1.54, 1.807) is 0 Å². The molecule has 1 aliphatic carbocycles. The monoisotopic (exact) mass is 350 g/mol. The Morgan fingerprint density at radius 3 is 2.36 bits per heavy atom. The lowest BCUT2D eigenvalue weighted by Gasteiger charge is -2.26. The van der Waals surface area contributed by atoms with Crippen molar-refractivity contribution in [3.05, 3.63) is 35.9 Å². The van der Waals surface area contributed by atoms with Gasteiger partial charge in [0.05, 0.1) is 31.5 Å². The van der Waals surface area contributed by atoms with Crippen LogP contribution in [-0.2, 0) is 15.9 Å². The molecule has 0 aromatic heterocycles. The fraction of sp³-hybridized carbons (Fsp3) is 0.700. The summed E-state index contributed by atoms with van der Waals surface area (Å²) in [5.41, 5.74) is 1.23. The summed E-state index contributed by atoms with van der Waals surface area (Å²) in [5.74, 6) is -0.0337. The molecule has 5 heteroatoms. The molecule has 0 unspecified atom stereocenters. The first-order chi connectivity index (χ1) is 12.1. The van der Waals surface area contributed by atoms with Crippen molar-refractivity contribution in [1.82, 2.24) is 0 Å². The highest BCUT2D eigenvalue weighted by atomic mass is 16.7. The fourth-order valence-electron chi connectivity index (χ4n) is 4.18. The van der Waals surface area contributed by atoms with E-state index < -0.39 is 12.2 Å². The average Bonchev–Trinajstić information content (AvgIpc) is 3.21. The minimum atomic E-state index is -0.519. The van der Waals surface area contributed by atoms with Crippen LogP contribution in [0.3, 0.4) is 0 Å². The summed E-state index contributed by atoms with van der Waals surface area (Å²) in [6, 6.07) is 10.2. The van der Waals surface area contributed by atoms with Gasteiger partial charge in [-0.2, -0.15) is 0 Å². The minimum absolute atomic E-state index is 0.00539. The van der Waals surface area contributed by atoms with Crippen LogP contribution in [0.15, 0.2) is 30.3 Å². The summed E-state index contributed by atoms with van der Waals surface area (Å²) in [6.07, 6.45) is 2.26. The van der Waals surface area contributed by atoms with E-state index in [0.29, 0.717) is 38.9 Å². The molecule has 1 aliphatic heterocycles. The van der Waals surface area contributed by atoms with Gasteiger partial charge < -0.3 is 24.8 Å². The largest absolute Gasteiger partial charge is 0.393 e. The van der Waals surface area contributed by atoms with Gasteiger partial charge in [0.2, 0.25) is 0 Å². The molecule has 0 amide bonds. The molecular weight excluding hydrogens is 320 g/mol. The number of hydrogen-bond donors (Lipinski definition) is 3. The summed E-state index contributed by atoms with van der Waals surface area (Å²) >= 11 is 0. The molecule has 5 atom stereocenters. The van der Waals surface area contributed by atoms with Crippen molar-refractivity contribution in [2.24, 2.45) is 11.8 Å². The Hall–Kier alpha value is -0.980. The lowest BCUT2D eigenvalue weighted by Crippen LogP contribution is -2.28. The fourth-order valence-corrected chi connectivity index (χ4v) is 4.18. The number of hydrogen-bond acceptors (Lipinski definition) is 5. The second kappa shape index (κ2) is 9.10. The van der Waals surface area contributed by atoms with Gasteiger partial charge in [-0.3, -0.25) is 0 Å². The molecular formula is C20H30O5. The van der Waals surface area contributed by atoms with Crippen molar-refractivity contribution in [1.29, 1.82) is 0 Å². The van der Waals surface area contributed by atoms with Crippen LogP contribution in [0.1, 0.15) is 37.7 Å². The number of ether oxygens (including phenoxy) is 2. The molecule has 2 fully saturated rings. The van der Waals surface area contributed by atoms with Gasteiger partial charge in [-0.1, -0.05) is 30.3 Å². The third-order valence-corrected chi connectivity index (χ3v) is 5.62. The quantitative estimate of drug-likeness (QED) is 0.667. The summed E-state index contributed by atoms with van der Waals surface area (Å²) in [7, 11) is 0. The van der Waals surface area contributed by atoms with Crippen molar-refractivity contribution < 1.29 is 24.8 Å². The van der Waals surface area contributed by atoms with Gasteiger partial charge >= 0.3 is 0 Å². The van der Waals surface area contributed by atoms with Gasteiger partial charge in [-0.15, -0.1) is 0 Å². The zero-order valence-electron chi connectivity index (χ0n) is 14.7. The molecule has 140 valence electrons. The van der Waals surface area contributed by atoms with Gasteiger partial charge in [0.15, 0.2) is 6.29 Å². The van der Waals surface area contributed by atoms with E-state index in [2.05, 4.69) is 12.1 Å². The van der Waals surface area contributed by atoms with Crippen LogP contribution in [0.5, 0.6) is 0 Å². The Morgan fingerprint density at radius 1 is 0.960 bits per heavy atom. The lowest BCUT2D eigenvalue weighted by molar-refractivity contribution is -0.0730. The Balaban J connectivity index is 1.45.